The Labute approximate surface area is 198 Å². The molecule has 5 rings (SSSR count). The van der Waals surface area contributed by atoms with Gasteiger partial charge in [-0.15, -0.1) is 0 Å². The number of hydrogen-bond donors (Lipinski definition) is 1. The normalized spacial score (nSPS) is 19.4. The van der Waals surface area contributed by atoms with Gasteiger partial charge in [-0.1, -0.05) is 0 Å². The highest BCUT2D eigenvalue weighted by molar-refractivity contribution is 5.97. The maximum Gasteiger partial charge on any atom is 0.253 e. The van der Waals surface area contributed by atoms with E-state index < -0.39 is 0 Å². The number of carbonyl (C=O) groups excluding carboxylic acids is 1. The van der Waals surface area contributed by atoms with Crippen LogP contribution in [0.1, 0.15) is 59.5 Å². The van der Waals surface area contributed by atoms with Gasteiger partial charge in [0.15, 0.2) is 0 Å². The molecule has 2 aromatic carbocycles. The molecule has 1 saturated carbocycles. The molecule has 176 valence electrons. The largest absolute Gasteiger partial charge is 0.373 e. The van der Waals surface area contributed by atoms with Gasteiger partial charge in [-0.3, -0.25) is 9.78 Å². The number of hydrogen-bond acceptors (Lipinski definition) is 4. The van der Waals surface area contributed by atoms with Crippen molar-refractivity contribution in [3.05, 3.63) is 71.4 Å². The van der Waals surface area contributed by atoms with Crippen LogP contribution in [0.15, 0.2) is 48.7 Å². The summed E-state index contributed by atoms with van der Waals surface area (Å²) < 4.78 is 19.8. The van der Waals surface area contributed by atoms with Gasteiger partial charge in [-0.2, -0.15) is 0 Å². The van der Waals surface area contributed by atoms with Gasteiger partial charge in [0.05, 0.1) is 16.6 Å². The summed E-state index contributed by atoms with van der Waals surface area (Å²) in [6, 6.07) is 12.4. The van der Waals surface area contributed by atoms with E-state index in [0.717, 1.165) is 53.4 Å². The van der Waals surface area contributed by atoms with Crippen LogP contribution in [0.3, 0.4) is 0 Å². The van der Waals surface area contributed by atoms with Gasteiger partial charge in [-0.25, -0.2) is 9.37 Å². The highest BCUT2D eigenvalue weighted by atomic mass is 19.1. The number of aromatic amines is 1. The lowest BCUT2D eigenvalue weighted by Crippen LogP contribution is -2.22. The minimum atomic E-state index is -0.227. The molecule has 2 aromatic heterocycles. The molecular formula is C27H29FN4O2. The van der Waals surface area contributed by atoms with Gasteiger partial charge in [0.25, 0.3) is 5.91 Å². The first kappa shape index (κ1) is 22.5. The molecule has 34 heavy (non-hydrogen) atoms. The molecule has 1 aliphatic rings. The molecule has 1 N–H and O–H groups in total. The van der Waals surface area contributed by atoms with Crippen LogP contribution in [0.2, 0.25) is 0 Å². The van der Waals surface area contributed by atoms with Gasteiger partial charge in [0.2, 0.25) is 0 Å². The maximum atomic E-state index is 13.9. The van der Waals surface area contributed by atoms with E-state index in [1.54, 1.807) is 38.2 Å². The van der Waals surface area contributed by atoms with E-state index in [1.165, 1.54) is 11.6 Å². The van der Waals surface area contributed by atoms with Crippen molar-refractivity contribution in [1.29, 1.82) is 0 Å². The topological polar surface area (TPSA) is 71.1 Å². The first-order valence-electron chi connectivity index (χ1n) is 11.7. The molecule has 0 radical (unpaired) electrons. The number of amides is 1. The molecule has 0 spiro atoms. The number of methoxy groups -OCH3 is 1. The van der Waals surface area contributed by atoms with Gasteiger partial charge < -0.3 is 14.6 Å². The van der Waals surface area contributed by atoms with Crippen LogP contribution in [0.4, 0.5) is 4.39 Å². The zero-order valence-electron chi connectivity index (χ0n) is 19.7. The highest BCUT2D eigenvalue weighted by Gasteiger charge is 2.31. The van der Waals surface area contributed by atoms with E-state index in [2.05, 4.69) is 9.97 Å². The number of carbonyl (C=O) groups is 1. The average molecular weight is 461 g/mol. The minimum Gasteiger partial charge on any atom is -0.373 e. The maximum absolute atomic E-state index is 13.9. The smallest absolute Gasteiger partial charge is 0.253 e. The number of aromatic nitrogens is 3. The molecule has 1 fully saturated rings. The number of rotatable bonds is 5. The monoisotopic (exact) mass is 460 g/mol. The molecule has 0 aliphatic heterocycles. The van der Waals surface area contributed by atoms with Crippen LogP contribution < -0.4 is 0 Å². The second kappa shape index (κ2) is 9.14. The molecule has 1 atom stereocenters. The summed E-state index contributed by atoms with van der Waals surface area (Å²) in [6.07, 6.45) is 5.66. The Morgan fingerprint density at radius 1 is 1.09 bits per heavy atom. The second-order valence-corrected chi connectivity index (χ2v) is 9.38. The fourth-order valence-electron chi connectivity index (χ4n) is 5.31. The summed E-state index contributed by atoms with van der Waals surface area (Å²) in [5, 5.41) is 0.912. The third kappa shape index (κ3) is 4.16. The van der Waals surface area contributed by atoms with Crippen molar-refractivity contribution in [3.63, 3.8) is 0 Å². The first-order valence-corrected chi connectivity index (χ1v) is 11.7. The Morgan fingerprint density at radius 3 is 2.62 bits per heavy atom. The Bertz CT molecular complexity index is 1340. The number of nitrogens with zero attached hydrogens (tertiary/aromatic N) is 3. The second-order valence-electron chi connectivity index (χ2n) is 9.38. The fourth-order valence-corrected chi connectivity index (χ4v) is 5.31. The van der Waals surface area contributed by atoms with Gasteiger partial charge >= 0.3 is 0 Å². The minimum absolute atomic E-state index is 0.0448. The van der Waals surface area contributed by atoms with Crippen LogP contribution in [0, 0.1) is 11.7 Å². The van der Waals surface area contributed by atoms with Crippen molar-refractivity contribution >= 4 is 27.8 Å². The van der Waals surface area contributed by atoms with Gasteiger partial charge in [0, 0.05) is 38.4 Å². The number of pyridine rings is 1. The molecule has 1 aliphatic carbocycles. The summed E-state index contributed by atoms with van der Waals surface area (Å²) in [6.45, 7) is 0. The van der Waals surface area contributed by atoms with Crippen molar-refractivity contribution in [3.8, 4) is 0 Å². The van der Waals surface area contributed by atoms with Crippen molar-refractivity contribution in [2.45, 2.75) is 37.7 Å². The summed E-state index contributed by atoms with van der Waals surface area (Å²) in [7, 11) is 5.21. The third-order valence-electron chi connectivity index (χ3n) is 7.06. The van der Waals surface area contributed by atoms with Gasteiger partial charge in [0.1, 0.15) is 17.7 Å². The zero-order valence-corrected chi connectivity index (χ0v) is 19.7. The fraction of sp³-hybridized carbons (Fsp3) is 0.370. The highest BCUT2D eigenvalue weighted by Crippen LogP contribution is 2.43. The molecule has 7 heteroatoms. The SMILES string of the molecule is COC(c1nc2cc(C(=O)N(C)C)ccc2[nH]1)C1CCC(c2ccnc3ccc(F)cc23)CC1. The summed E-state index contributed by atoms with van der Waals surface area (Å²) in [5.74, 6) is 1.23. The van der Waals surface area contributed by atoms with Crippen molar-refractivity contribution in [2.24, 2.45) is 5.92 Å². The van der Waals surface area contributed by atoms with Crippen LogP contribution >= 0.6 is 0 Å². The third-order valence-corrected chi connectivity index (χ3v) is 7.06. The lowest BCUT2D eigenvalue weighted by Gasteiger charge is -2.33. The zero-order chi connectivity index (χ0) is 23.8. The standard InChI is InChI=1S/C27H29FN4O2/c1-32(2)27(33)18-8-10-23-24(14-18)31-26(30-23)25(34-3)17-6-4-16(5-7-17)20-12-13-29-22-11-9-19(28)15-21(20)22/h8-17,25H,4-7H2,1-3H3,(H,30,31). The number of fused-ring (bicyclic) bond motifs is 2. The van der Waals surface area contributed by atoms with Crippen molar-refractivity contribution < 1.29 is 13.9 Å². The van der Waals surface area contributed by atoms with Crippen LogP contribution in [0.5, 0.6) is 0 Å². The molecule has 0 saturated heterocycles. The number of imidazole rings is 1. The van der Waals surface area contributed by atoms with Crippen LogP contribution in [0.25, 0.3) is 21.9 Å². The number of ether oxygens (including phenoxy) is 1. The molecule has 2 heterocycles. The van der Waals surface area contributed by atoms with E-state index >= 15 is 0 Å². The Kier molecular flexibility index (Phi) is 6.04. The lowest BCUT2D eigenvalue weighted by molar-refractivity contribution is 0.0274. The Balaban J connectivity index is 1.34. The van der Waals surface area contributed by atoms with E-state index in [1.807, 2.05) is 30.5 Å². The summed E-state index contributed by atoms with van der Waals surface area (Å²) in [4.78, 5) is 26.5. The predicted octanol–water partition coefficient (Wildman–Crippen LogP) is 5.61. The Morgan fingerprint density at radius 2 is 1.88 bits per heavy atom. The number of halogens is 1. The quantitative estimate of drug-likeness (QED) is 0.420. The molecule has 1 unspecified atom stereocenters. The average Bonchev–Trinajstić information content (AvgIpc) is 3.27. The molecule has 1 amide bonds. The van der Waals surface area contributed by atoms with E-state index in [0.29, 0.717) is 17.4 Å². The van der Waals surface area contributed by atoms with Crippen LogP contribution in [-0.4, -0.2) is 47.0 Å². The van der Waals surface area contributed by atoms with E-state index in [-0.39, 0.29) is 17.8 Å². The van der Waals surface area contributed by atoms with Crippen LogP contribution in [-0.2, 0) is 4.74 Å². The van der Waals surface area contributed by atoms with E-state index in [9.17, 15) is 9.18 Å². The molecule has 0 bridgehead atoms. The van der Waals surface area contributed by atoms with Gasteiger partial charge in [-0.05, 0) is 85.5 Å². The van der Waals surface area contributed by atoms with Crippen molar-refractivity contribution in [1.82, 2.24) is 19.9 Å². The summed E-state index contributed by atoms with van der Waals surface area (Å²) in [5.41, 5.74) is 4.30. The predicted molar refractivity (Wildman–Crippen MR) is 130 cm³/mol. The first-order chi connectivity index (χ1) is 16.4. The van der Waals surface area contributed by atoms with E-state index in [4.69, 9.17) is 9.72 Å². The molecule has 6 nitrogen and oxygen atoms in total. The lowest BCUT2D eigenvalue weighted by atomic mass is 9.76. The summed E-state index contributed by atoms with van der Waals surface area (Å²) >= 11 is 0. The molecular weight excluding hydrogens is 431 g/mol. The Hall–Kier alpha value is -3.32. The number of H-pyrrole nitrogens is 1. The van der Waals surface area contributed by atoms with Crippen molar-refractivity contribution in [2.75, 3.05) is 21.2 Å². The molecule has 4 aromatic rings. The number of benzene rings is 2. The number of nitrogens with one attached hydrogen (secondary N) is 1.